The SMILES string of the molecule is Cc1ccc(S(=O)(=O)NCC(c2cc[nH]c2)c2cccc(Cl)c2)cc1. The third kappa shape index (κ3) is 4.31. The number of H-pyrrole nitrogens is 1. The molecule has 1 unspecified atom stereocenters. The molecule has 0 aliphatic carbocycles. The quantitative estimate of drug-likeness (QED) is 0.682. The fourth-order valence-corrected chi connectivity index (χ4v) is 3.94. The Morgan fingerprint density at radius 1 is 1.08 bits per heavy atom. The molecule has 2 aromatic carbocycles. The zero-order valence-electron chi connectivity index (χ0n) is 13.7. The molecule has 6 heteroatoms. The van der Waals surface area contributed by atoms with Gasteiger partial charge in [0.05, 0.1) is 4.90 Å². The van der Waals surface area contributed by atoms with Crippen molar-refractivity contribution < 1.29 is 8.42 Å². The van der Waals surface area contributed by atoms with Gasteiger partial charge in [0, 0.05) is 29.9 Å². The molecule has 0 aliphatic heterocycles. The summed E-state index contributed by atoms with van der Waals surface area (Å²) in [6, 6.07) is 16.2. The molecule has 0 saturated carbocycles. The molecular weight excluding hydrogens is 356 g/mol. The summed E-state index contributed by atoms with van der Waals surface area (Å²) in [4.78, 5) is 3.28. The monoisotopic (exact) mass is 374 g/mol. The summed E-state index contributed by atoms with van der Waals surface area (Å²) in [5.74, 6) is -0.134. The lowest BCUT2D eigenvalue weighted by molar-refractivity contribution is 0.577. The number of hydrogen-bond acceptors (Lipinski definition) is 2. The Bertz CT molecular complexity index is 936. The lowest BCUT2D eigenvalue weighted by atomic mass is 9.93. The van der Waals surface area contributed by atoms with Gasteiger partial charge in [0.2, 0.25) is 10.0 Å². The number of halogens is 1. The van der Waals surface area contributed by atoms with Crippen molar-refractivity contribution in [2.75, 3.05) is 6.54 Å². The van der Waals surface area contributed by atoms with Crippen molar-refractivity contribution in [1.29, 1.82) is 0 Å². The molecule has 0 bridgehead atoms. The van der Waals surface area contributed by atoms with Crippen LogP contribution in [0.2, 0.25) is 5.02 Å². The highest BCUT2D eigenvalue weighted by molar-refractivity contribution is 7.89. The van der Waals surface area contributed by atoms with Gasteiger partial charge in [-0.05, 0) is 48.4 Å². The fourth-order valence-electron chi connectivity index (χ4n) is 2.70. The first-order valence-electron chi connectivity index (χ1n) is 7.90. The van der Waals surface area contributed by atoms with Crippen LogP contribution in [0.3, 0.4) is 0 Å². The smallest absolute Gasteiger partial charge is 0.240 e. The van der Waals surface area contributed by atoms with E-state index < -0.39 is 10.0 Å². The number of nitrogens with one attached hydrogen (secondary N) is 2. The maximum atomic E-state index is 12.6. The van der Waals surface area contributed by atoms with E-state index in [1.807, 2.05) is 43.6 Å². The third-order valence-corrected chi connectivity index (χ3v) is 5.76. The van der Waals surface area contributed by atoms with Crippen molar-refractivity contribution in [1.82, 2.24) is 9.71 Å². The van der Waals surface area contributed by atoms with Gasteiger partial charge in [0.15, 0.2) is 0 Å². The Morgan fingerprint density at radius 2 is 1.84 bits per heavy atom. The first kappa shape index (κ1) is 17.7. The molecule has 0 spiro atoms. The van der Waals surface area contributed by atoms with Gasteiger partial charge < -0.3 is 4.98 Å². The molecule has 0 aliphatic rings. The van der Waals surface area contributed by atoms with E-state index in [4.69, 9.17) is 11.6 Å². The van der Waals surface area contributed by atoms with E-state index in [-0.39, 0.29) is 17.4 Å². The maximum absolute atomic E-state index is 12.6. The number of hydrogen-bond donors (Lipinski definition) is 2. The molecule has 25 heavy (non-hydrogen) atoms. The van der Waals surface area contributed by atoms with Gasteiger partial charge in [-0.1, -0.05) is 41.4 Å². The van der Waals surface area contributed by atoms with Gasteiger partial charge in [-0.2, -0.15) is 0 Å². The molecule has 0 fully saturated rings. The molecule has 4 nitrogen and oxygen atoms in total. The molecule has 1 aromatic heterocycles. The molecule has 0 saturated heterocycles. The highest BCUT2D eigenvalue weighted by Crippen LogP contribution is 2.26. The van der Waals surface area contributed by atoms with Gasteiger partial charge in [0.1, 0.15) is 0 Å². The van der Waals surface area contributed by atoms with Crippen molar-refractivity contribution in [2.24, 2.45) is 0 Å². The minimum absolute atomic E-state index is 0.134. The Hall–Kier alpha value is -2.08. The fraction of sp³-hybridized carbons (Fsp3) is 0.158. The van der Waals surface area contributed by atoms with Crippen LogP contribution in [0.4, 0.5) is 0 Å². The topological polar surface area (TPSA) is 62.0 Å². The normalized spacial score (nSPS) is 12.9. The van der Waals surface area contributed by atoms with Gasteiger partial charge in [-0.15, -0.1) is 0 Å². The van der Waals surface area contributed by atoms with Crippen LogP contribution in [0.15, 0.2) is 71.9 Å². The van der Waals surface area contributed by atoms with Gasteiger partial charge in [0.25, 0.3) is 0 Å². The molecule has 3 rings (SSSR count). The van der Waals surface area contributed by atoms with E-state index in [0.717, 1.165) is 16.7 Å². The highest BCUT2D eigenvalue weighted by Gasteiger charge is 2.20. The molecule has 1 heterocycles. The van der Waals surface area contributed by atoms with Crippen LogP contribution in [0, 0.1) is 6.92 Å². The lowest BCUT2D eigenvalue weighted by Crippen LogP contribution is -2.29. The first-order valence-corrected chi connectivity index (χ1v) is 9.76. The summed E-state index contributed by atoms with van der Waals surface area (Å²) in [5, 5.41) is 0.624. The van der Waals surface area contributed by atoms with Crippen LogP contribution >= 0.6 is 11.6 Å². The van der Waals surface area contributed by atoms with E-state index in [1.54, 1.807) is 30.3 Å². The number of aromatic nitrogens is 1. The van der Waals surface area contributed by atoms with Crippen molar-refractivity contribution in [2.45, 2.75) is 17.7 Å². The molecule has 0 amide bonds. The molecule has 3 aromatic rings. The summed E-state index contributed by atoms with van der Waals surface area (Å²) < 4.78 is 27.9. The number of aromatic amines is 1. The number of benzene rings is 2. The summed E-state index contributed by atoms with van der Waals surface area (Å²) in [7, 11) is -3.57. The van der Waals surface area contributed by atoms with Crippen LogP contribution in [0.5, 0.6) is 0 Å². The first-order chi connectivity index (χ1) is 12.0. The second kappa shape index (κ2) is 7.44. The summed E-state index contributed by atoms with van der Waals surface area (Å²) >= 11 is 6.10. The van der Waals surface area contributed by atoms with Crippen LogP contribution < -0.4 is 4.72 Å². The van der Waals surface area contributed by atoms with E-state index in [2.05, 4.69) is 9.71 Å². The minimum atomic E-state index is -3.57. The van der Waals surface area contributed by atoms with Crippen molar-refractivity contribution in [3.8, 4) is 0 Å². The Morgan fingerprint density at radius 3 is 2.48 bits per heavy atom. The van der Waals surface area contributed by atoms with E-state index in [9.17, 15) is 8.42 Å². The van der Waals surface area contributed by atoms with Crippen LogP contribution in [0.1, 0.15) is 22.6 Å². The maximum Gasteiger partial charge on any atom is 0.240 e. The minimum Gasteiger partial charge on any atom is -0.367 e. The number of sulfonamides is 1. The van der Waals surface area contributed by atoms with E-state index in [1.165, 1.54) is 0 Å². The highest BCUT2D eigenvalue weighted by atomic mass is 35.5. The summed E-state index contributed by atoms with van der Waals surface area (Å²) in [6.45, 7) is 2.17. The van der Waals surface area contributed by atoms with Crippen LogP contribution in [-0.4, -0.2) is 19.9 Å². The standard InChI is InChI=1S/C19H19ClN2O2S/c1-14-5-7-18(8-6-14)25(23,24)22-13-19(16-9-10-21-12-16)15-3-2-4-17(20)11-15/h2-12,19,21-22H,13H2,1H3. The Kier molecular flexibility index (Phi) is 5.27. The van der Waals surface area contributed by atoms with Gasteiger partial charge in [-0.3, -0.25) is 0 Å². The molecule has 130 valence electrons. The summed E-state index contributed by atoms with van der Waals surface area (Å²) in [5.41, 5.74) is 2.97. The Balaban J connectivity index is 1.85. The molecule has 2 N–H and O–H groups in total. The molecule has 1 atom stereocenters. The Labute approximate surface area is 152 Å². The van der Waals surface area contributed by atoms with E-state index in [0.29, 0.717) is 5.02 Å². The van der Waals surface area contributed by atoms with E-state index >= 15 is 0 Å². The van der Waals surface area contributed by atoms with Crippen molar-refractivity contribution in [3.05, 3.63) is 88.7 Å². The molecular formula is C19H19ClN2O2S. The predicted octanol–water partition coefficient (Wildman–Crippen LogP) is 4.09. The average Bonchev–Trinajstić information content (AvgIpc) is 3.10. The number of rotatable bonds is 6. The zero-order chi connectivity index (χ0) is 17.9. The number of aryl methyl sites for hydroxylation is 1. The third-order valence-electron chi connectivity index (χ3n) is 4.08. The largest absolute Gasteiger partial charge is 0.367 e. The lowest BCUT2D eigenvalue weighted by Gasteiger charge is -2.18. The van der Waals surface area contributed by atoms with Crippen molar-refractivity contribution >= 4 is 21.6 Å². The van der Waals surface area contributed by atoms with Gasteiger partial charge in [-0.25, -0.2) is 13.1 Å². The second-order valence-electron chi connectivity index (χ2n) is 5.92. The van der Waals surface area contributed by atoms with Crippen LogP contribution in [-0.2, 0) is 10.0 Å². The summed E-state index contributed by atoms with van der Waals surface area (Å²) in [6.07, 6.45) is 3.69. The molecule has 0 radical (unpaired) electrons. The second-order valence-corrected chi connectivity index (χ2v) is 8.12. The van der Waals surface area contributed by atoms with Crippen LogP contribution in [0.25, 0.3) is 0 Å². The van der Waals surface area contributed by atoms with Crippen molar-refractivity contribution in [3.63, 3.8) is 0 Å². The average molecular weight is 375 g/mol. The van der Waals surface area contributed by atoms with Gasteiger partial charge >= 0.3 is 0 Å². The zero-order valence-corrected chi connectivity index (χ0v) is 15.3. The predicted molar refractivity (Wildman–Crippen MR) is 100 cm³/mol.